The average molecular weight is 259 g/mol. The van der Waals surface area contributed by atoms with E-state index in [9.17, 15) is 0 Å². The molecule has 1 rings (SSSR count). The Labute approximate surface area is 93.4 Å². The third kappa shape index (κ3) is 2.91. The van der Waals surface area contributed by atoms with Crippen molar-refractivity contribution in [2.24, 2.45) is 0 Å². The van der Waals surface area contributed by atoms with Gasteiger partial charge in [-0.05, 0) is 47.5 Å². The average Bonchev–Trinajstić information content (AvgIpc) is 2.20. The molecule has 0 amide bonds. The quantitative estimate of drug-likeness (QED) is 0.821. The molecular formula is C11H15BrO2. The van der Waals surface area contributed by atoms with Gasteiger partial charge in [0.2, 0.25) is 0 Å². The zero-order valence-electron chi connectivity index (χ0n) is 8.71. The summed E-state index contributed by atoms with van der Waals surface area (Å²) in [6.07, 6.45) is 1.23. The van der Waals surface area contributed by atoms with Crippen LogP contribution in [-0.4, -0.2) is 13.2 Å². The van der Waals surface area contributed by atoms with Crippen molar-refractivity contribution < 1.29 is 9.47 Å². The Morgan fingerprint density at radius 2 is 2.14 bits per heavy atom. The van der Waals surface area contributed by atoms with Crippen molar-refractivity contribution in [1.29, 1.82) is 0 Å². The van der Waals surface area contributed by atoms with E-state index < -0.39 is 0 Å². The highest BCUT2D eigenvalue weighted by Crippen LogP contribution is 2.29. The number of halogens is 1. The first-order chi connectivity index (χ1) is 6.67. The van der Waals surface area contributed by atoms with E-state index in [1.54, 1.807) is 7.11 Å². The van der Waals surface area contributed by atoms with Crippen LogP contribution in [0.15, 0.2) is 22.7 Å². The van der Waals surface area contributed by atoms with Crippen molar-refractivity contribution in [1.82, 2.24) is 0 Å². The minimum Gasteiger partial charge on any atom is -0.497 e. The summed E-state index contributed by atoms with van der Waals surface area (Å²) in [6.45, 7) is 4.15. The molecule has 1 aromatic carbocycles. The summed E-state index contributed by atoms with van der Waals surface area (Å²) in [6, 6.07) is 5.70. The van der Waals surface area contributed by atoms with Crippen LogP contribution >= 0.6 is 15.9 Å². The van der Waals surface area contributed by atoms with E-state index >= 15 is 0 Å². The summed E-state index contributed by atoms with van der Waals surface area (Å²) in [7, 11) is 1.65. The zero-order chi connectivity index (χ0) is 10.6. The van der Waals surface area contributed by atoms with Gasteiger partial charge < -0.3 is 9.47 Å². The molecule has 0 bridgehead atoms. The van der Waals surface area contributed by atoms with Gasteiger partial charge in [0.15, 0.2) is 0 Å². The molecule has 0 saturated carbocycles. The Morgan fingerprint density at radius 1 is 1.43 bits per heavy atom. The van der Waals surface area contributed by atoms with Crippen molar-refractivity contribution in [3.63, 3.8) is 0 Å². The highest BCUT2D eigenvalue weighted by Gasteiger charge is 2.06. The fourth-order valence-electron chi connectivity index (χ4n) is 1.00. The summed E-state index contributed by atoms with van der Waals surface area (Å²) in [4.78, 5) is 0. The largest absolute Gasteiger partial charge is 0.497 e. The molecule has 0 spiro atoms. The molecule has 0 aliphatic rings. The second kappa shape index (κ2) is 5.25. The molecule has 2 nitrogen and oxygen atoms in total. The van der Waals surface area contributed by atoms with Gasteiger partial charge >= 0.3 is 0 Å². The van der Waals surface area contributed by atoms with Crippen molar-refractivity contribution in [3.8, 4) is 11.5 Å². The van der Waals surface area contributed by atoms with Crippen LogP contribution in [0.5, 0.6) is 11.5 Å². The van der Waals surface area contributed by atoms with Crippen LogP contribution in [0.3, 0.4) is 0 Å². The van der Waals surface area contributed by atoms with Gasteiger partial charge in [0.25, 0.3) is 0 Å². The summed E-state index contributed by atoms with van der Waals surface area (Å²) < 4.78 is 11.7. The Hall–Kier alpha value is -0.700. The highest BCUT2D eigenvalue weighted by atomic mass is 79.9. The van der Waals surface area contributed by atoms with Gasteiger partial charge in [0.1, 0.15) is 11.5 Å². The van der Waals surface area contributed by atoms with Crippen molar-refractivity contribution in [3.05, 3.63) is 22.7 Å². The summed E-state index contributed by atoms with van der Waals surface area (Å²) >= 11 is 3.44. The molecule has 0 aliphatic carbocycles. The molecule has 1 atom stereocenters. The summed E-state index contributed by atoms with van der Waals surface area (Å²) in [5.74, 6) is 1.69. The molecule has 0 N–H and O–H groups in total. The number of methoxy groups -OCH3 is 1. The van der Waals surface area contributed by atoms with E-state index in [1.165, 1.54) is 0 Å². The minimum atomic E-state index is 0.236. The molecule has 0 aliphatic heterocycles. The Bertz CT molecular complexity index is 299. The highest BCUT2D eigenvalue weighted by molar-refractivity contribution is 9.10. The Balaban J connectivity index is 2.78. The van der Waals surface area contributed by atoms with Crippen LogP contribution in [0.2, 0.25) is 0 Å². The first-order valence-corrected chi connectivity index (χ1v) is 5.46. The van der Waals surface area contributed by atoms with Crippen LogP contribution in [0, 0.1) is 0 Å². The standard InChI is InChI=1S/C11H15BrO2/c1-4-8(2)14-11-6-5-9(13-3)7-10(11)12/h5-8H,4H2,1-3H3. The fourth-order valence-corrected chi connectivity index (χ4v) is 1.46. The van der Waals surface area contributed by atoms with Gasteiger partial charge in [0, 0.05) is 0 Å². The predicted molar refractivity (Wildman–Crippen MR) is 61.1 cm³/mol. The molecule has 0 heterocycles. The van der Waals surface area contributed by atoms with Crippen LogP contribution in [-0.2, 0) is 0 Å². The van der Waals surface area contributed by atoms with Gasteiger partial charge in [-0.25, -0.2) is 0 Å². The van der Waals surface area contributed by atoms with Crippen LogP contribution < -0.4 is 9.47 Å². The lowest BCUT2D eigenvalue weighted by Crippen LogP contribution is -2.09. The van der Waals surface area contributed by atoms with Crippen molar-refractivity contribution in [2.45, 2.75) is 26.4 Å². The van der Waals surface area contributed by atoms with E-state index in [-0.39, 0.29) is 6.10 Å². The maximum absolute atomic E-state index is 5.69. The van der Waals surface area contributed by atoms with Crippen LogP contribution in [0.4, 0.5) is 0 Å². The first kappa shape index (κ1) is 11.4. The maximum atomic E-state index is 5.69. The van der Waals surface area contributed by atoms with E-state index in [2.05, 4.69) is 29.8 Å². The lowest BCUT2D eigenvalue weighted by atomic mass is 10.3. The Kier molecular flexibility index (Phi) is 4.26. The van der Waals surface area contributed by atoms with Crippen molar-refractivity contribution >= 4 is 15.9 Å². The first-order valence-electron chi connectivity index (χ1n) is 4.67. The van der Waals surface area contributed by atoms with Gasteiger partial charge in [-0.2, -0.15) is 0 Å². The zero-order valence-corrected chi connectivity index (χ0v) is 10.3. The number of hydrogen-bond donors (Lipinski definition) is 0. The number of hydrogen-bond acceptors (Lipinski definition) is 2. The number of rotatable bonds is 4. The second-order valence-electron chi connectivity index (χ2n) is 3.13. The van der Waals surface area contributed by atoms with E-state index in [0.717, 1.165) is 22.4 Å². The smallest absolute Gasteiger partial charge is 0.134 e. The normalized spacial score (nSPS) is 12.3. The topological polar surface area (TPSA) is 18.5 Å². The minimum absolute atomic E-state index is 0.236. The molecule has 1 aromatic rings. The molecule has 14 heavy (non-hydrogen) atoms. The molecule has 1 unspecified atom stereocenters. The van der Waals surface area contributed by atoms with Gasteiger partial charge in [-0.3, -0.25) is 0 Å². The second-order valence-corrected chi connectivity index (χ2v) is 3.99. The molecular weight excluding hydrogens is 244 g/mol. The van der Waals surface area contributed by atoms with Gasteiger partial charge in [-0.1, -0.05) is 6.92 Å². The lowest BCUT2D eigenvalue weighted by molar-refractivity contribution is 0.215. The van der Waals surface area contributed by atoms with E-state index in [0.29, 0.717) is 0 Å². The van der Waals surface area contributed by atoms with Gasteiger partial charge in [0.05, 0.1) is 17.7 Å². The molecule has 3 heteroatoms. The molecule has 0 radical (unpaired) electrons. The number of ether oxygens (including phenoxy) is 2. The summed E-state index contributed by atoms with van der Waals surface area (Å²) in [5, 5.41) is 0. The number of benzene rings is 1. The van der Waals surface area contributed by atoms with E-state index in [1.807, 2.05) is 18.2 Å². The molecule has 0 saturated heterocycles. The maximum Gasteiger partial charge on any atom is 0.134 e. The Morgan fingerprint density at radius 3 is 2.64 bits per heavy atom. The fraction of sp³-hybridized carbons (Fsp3) is 0.455. The third-order valence-corrected chi connectivity index (χ3v) is 2.66. The third-order valence-electron chi connectivity index (χ3n) is 2.04. The van der Waals surface area contributed by atoms with Crippen LogP contribution in [0.25, 0.3) is 0 Å². The van der Waals surface area contributed by atoms with E-state index in [4.69, 9.17) is 9.47 Å². The monoisotopic (exact) mass is 258 g/mol. The molecule has 78 valence electrons. The predicted octanol–water partition coefficient (Wildman–Crippen LogP) is 3.64. The van der Waals surface area contributed by atoms with Crippen molar-refractivity contribution in [2.75, 3.05) is 7.11 Å². The molecule has 0 aromatic heterocycles. The molecule has 0 fully saturated rings. The van der Waals surface area contributed by atoms with Crippen LogP contribution in [0.1, 0.15) is 20.3 Å². The lowest BCUT2D eigenvalue weighted by Gasteiger charge is -2.14. The SMILES string of the molecule is CCC(C)Oc1ccc(OC)cc1Br. The summed E-state index contributed by atoms with van der Waals surface area (Å²) in [5.41, 5.74) is 0. The van der Waals surface area contributed by atoms with Gasteiger partial charge in [-0.15, -0.1) is 0 Å².